The van der Waals surface area contributed by atoms with E-state index in [-0.39, 0.29) is 11.9 Å². The Morgan fingerprint density at radius 1 is 0.917 bits per heavy atom. The average Bonchev–Trinajstić information content (AvgIpc) is 2.92. The Hall–Kier alpha value is -1.31. The Kier molecular flexibility index (Phi) is 9.98. The number of hydrogen-bond acceptors (Lipinski definition) is 2. The molecule has 4 rings (SSSR count). The highest BCUT2D eigenvalue weighted by Gasteiger charge is 2.39. The van der Waals surface area contributed by atoms with Gasteiger partial charge in [0.2, 0.25) is 0 Å². The molecule has 0 bridgehead atoms. The predicted molar refractivity (Wildman–Crippen MR) is 151 cm³/mol. The summed E-state index contributed by atoms with van der Waals surface area (Å²) in [6.07, 6.45) is 16.9. The third-order valence-electron chi connectivity index (χ3n) is 11.2. The van der Waals surface area contributed by atoms with Crippen LogP contribution >= 0.6 is 0 Å². The molecule has 0 aliphatic heterocycles. The number of rotatable bonds is 8. The van der Waals surface area contributed by atoms with Gasteiger partial charge in [-0.05, 0) is 123 Å². The topological polar surface area (TPSA) is 26.3 Å². The van der Waals surface area contributed by atoms with Crippen LogP contribution in [-0.2, 0) is 16.0 Å². The van der Waals surface area contributed by atoms with Crippen LogP contribution < -0.4 is 0 Å². The quantitative estimate of drug-likeness (QED) is 0.337. The number of carbonyl (C=O) groups is 1. The van der Waals surface area contributed by atoms with Crippen LogP contribution in [0, 0.1) is 47.3 Å². The van der Waals surface area contributed by atoms with E-state index in [2.05, 4.69) is 52.0 Å². The van der Waals surface area contributed by atoms with Crippen molar-refractivity contribution in [1.82, 2.24) is 0 Å². The second-order valence-corrected chi connectivity index (χ2v) is 13.3. The highest BCUT2D eigenvalue weighted by molar-refractivity contribution is 5.72. The first-order valence-corrected chi connectivity index (χ1v) is 15.6. The van der Waals surface area contributed by atoms with E-state index in [0.717, 1.165) is 67.1 Å². The molecular formula is C34H54O2. The van der Waals surface area contributed by atoms with Crippen LogP contribution in [0.25, 0.3) is 0 Å². The van der Waals surface area contributed by atoms with Crippen molar-refractivity contribution in [2.75, 3.05) is 7.11 Å². The van der Waals surface area contributed by atoms with Crippen LogP contribution in [0.5, 0.6) is 0 Å². The van der Waals surface area contributed by atoms with Gasteiger partial charge in [-0.2, -0.15) is 0 Å². The van der Waals surface area contributed by atoms with Gasteiger partial charge in [-0.25, -0.2) is 0 Å². The zero-order valence-corrected chi connectivity index (χ0v) is 24.0. The maximum atomic E-state index is 11.8. The van der Waals surface area contributed by atoms with Gasteiger partial charge in [0.05, 0.1) is 13.0 Å². The molecule has 5 atom stereocenters. The third-order valence-corrected chi connectivity index (χ3v) is 11.2. The lowest BCUT2D eigenvalue weighted by Crippen LogP contribution is -2.37. The summed E-state index contributed by atoms with van der Waals surface area (Å²) in [5, 5.41) is 0. The van der Waals surface area contributed by atoms with Crippen LogP contribution in [-0.4, -0.2) is 13.1 Å². The molecule has 3 aliphatic carbocycles. The molecule has 2 nitrogen and oxygen atoms in total. The zero-order valence-electron chi connectivity index (χ0n) is 24.0. The van der Waals surface area contributed by atoms with E-state index in [9.17, 15) is 4.79 Å². The maximum absolute atomic E-state index is 11.8. The summed E-state index contributed by atoms with van der Waals surface area (Å²) in [7, 11) is 1.51. The van der Waals surface area contributed by atoms with Gasteiger partial charge in [0.15, 0.2) is 0 Å². The van der Waals surface area contributed by atoms with Gasteiger partial charge in [0, 0.05) is 0 Å². The Bertz CT molecular complexity index is 797. The second kappa shape index (κ2) is 13.0. The fraction of sp³-hybridized carbons (Fsp3) is 0.794. The Morgan fingerprint density at radius 3 is 2.19 bits per heavy atom. The minimum absolute atomic E-state index is 0.0177. The predicted octanol–water partition coefficient (Wildman–Crippen LogP) is 9.22. The Labute approximate surface area is 222 Å². The van der Waals surface area contributed by atoms with Crippen LogP contribution in [0.3, 0.4) is 0 Å². The van der Waals surface area contributed by atoms with E-state index in [0.29, 0.717) is 5.92 Å². The van der Waals surface area contributed by atoms with Crippen molar-refractivity contribution in [3.8, 4) is 0 Å². The smallest absolute Gasteiger partial charge is 0.308 e. The minimum atomic E-state index is -0.0177. The molecule has 0 radical (unpaired) electrons. The van der Waals surface area contributed by atoms with Gasteiger partial charge in [0.25, 0.3) is 0 Å². The number of benzene rings is 1. The molecule has 0 heterocycles. The summed E-state index contributed by atoms with van der Waals surface area (Å²) < 4.78 is 4.95. The molecular weight excluding hydrogens is 440 g/mol. The van der Waals surface area contributed by atoms with Crippen molar-refractivity contribution >= 4 is 5.97 Å². The monoisotopic (exact) mass is 494 g/mol. The molecule has 0 N–H and O–H groups in total. The Balaban J connectivity index is 1.18. The molecule has 3 saturated carbocycles. The molecule has 3 aliphatic rings. The lowest BCUT2D eigenvalue weighted by Gasteiger charge is -2.46. The largest absolute Gasteiger partial charge is 0.469 e. The highest BCUT2D eigenvalue weighted by Crippen LogP contribution is 2.48. The van der Waals surface area contributed by atoms with Crippen molar-refractivity contribution in [3.63, 3.8) is 0 Å². The van der Waals surface area contributed by atoms with E-state index in [4.69, 9.17) is 4.74 Å². The number of methoxy groups -OCH3 is 1. The normalized spacial score (nSPS) is 36.2. The summed E-state index contributed by atoms with van der Waals surface area (Å²) in [5.41, 5.74) is 2.98. The summed E-state index contributed by atoms with van der Waals surface area (Å²) in [6, 6.07) is 9.50. The molecule has 0 spiro atoms. The molecule has 1 aromatic rings. The average molecular weight is 495 g/mol. The van der Waals surface area contributed by atoms with E-state index < -0.39 is 0 Å². The number of hydrogen-bond donors (Lipinski definition) is 0. The minimum Gasteiger partial charge on any atom is -0.469 e. The molecule has 202 valence electrons. The third kappa shape index (κ3) is 6.76. The van der Waals surface area contributed by atoms with E-state index >= 15 is 0 Å². The number of ether oxygens (including phenoxy) is 1. The molecule has 3 fully saturated rings. The van der Waals surface area contributed by atoms with E-state index in [1.165, 1.54) is 76.0 Å². The van der Waals surface area contributed by atoms with Crippen LogP contribution in [0.2, 0.25) is 0 Å². The van der Waals surface area contributed by atoms with Gasteiger partial charge >= 0.3 is 5.97 Å². The number of aryl methyl sites for hydroxylation is 1. The van der Waals surface area contributed by atoms with Crippen LogP contribution in [0.15, 0.2) is 24.3 Å². The first-order chi connectivity index (χ1) is 17.4. The lowest BCUT2D eigenvalue weighted by molar-refractivity contribution is -0.146. The fourth-order valence-electron chi connectivity index (χ4n) is 8.49. The number of esters is 1. The van der Waals surface area contributed by atoms with E-state index in [1.54, 1.807) is 0 Å². The van der Waals surface area contributed by atoms with Crippen molar-refractivity contribution in [2.24, 2.45) is 47.3 Å². The molecule has 2 heteroatoms. The summed E-state index contributed by atoms with van der Waals surface area (Å²) in [6.45, 7) is 10.0. The molecule has 0 aromatic heterocycles. The van der Waals surface area contributed by atoms with E-state index in [1.807, 2.05) is 0 Å². The molecule has 0 amide bonds. The number of carbonyl (C=O) groups excluding carboxylic acids is 1. The second-order valence-electron chi connectivity index (χ2n) is 13.3. The lowest BCUT2D eigenvalue weighted by atomic mass is 9.60. The first-order valence-electron chi connectivity index (χ1n) is 15.6. The fourth-order valence-corrected chi connectivity index (χ4v) is 8.49. The highest BCUT2D eigenvalue weighted by atomic mass is 16.5. The van der Waals surface area contributed by atoms with Crippen molar-refractivity contribution in [1.29, 1.82) is 0 Å². The van der Waals surface area contributed by atoms with Crippen molar-refractivity contribution in [2.45, 2.75) is 117 Å². The standard InChI is InChI=1S/C34H54O2/c1-6-23(2)32-21-25(4)33(22-24(32)3)30-15-11-27(12-16-30)8-7-26-9-13-28(14-10-26)29-17-19-31(20-18-29)34(35)36-5/h9-10,13-14,23-25,27,29-33H,6-8,11-12,15-22H2,1-5H3. The molecule has 1 aromatic carbocycles. The SMILES string of the molecule is CCC(C)C1CC(C)C(C2CCC(CCc3ccc(C4CCC(C(=O)OC)CC4)cc3)CC2)CC1C. The summed E-state index contributed by atoms with van der Waals surface area (Å²) in [4.78, 5) is 11.8. The van der Waals surface area contributed by atoms with Crippen LogP contribution in [0.4, 0.5) is 0 Å². The van der Waals surface area contributed by atoms with Gasteiger partial charge in [0.1, 0.15) is 0 Å². The summed E-state index contributed by atoms with van der Waals surface area (Å²) >= 11 is 0. The Morgan fingerprint density at radius 2 is 1.58 bits per heavy atom. The van der Waals surface area contributed by atoms with Gasteiger partial charge < -0.3 is 4.74 Å². The van der Waals surface area contributed by atoms with Gasteiger partial charge in [-0.15, -0.1) is 0 Å². The first kappa shape index (κ1) is 27.7. The van der Waals surface area contributed by atoms with Crippen molar-refractivity contribution < 1.29 is 9.53 Å². The molecule has 36 heavy (non-hydrogen) atoms. The van der Waals surface area contributed by atoms with Gasteiger partial charge in [-0.1, -0.05) is 71.2 Å². The van der Waals surface area contributed by atoms with Crippen molar-refractivity contribution in [3.05, 3.63) is 35.4 Å². The zero-order chi connectivity index (χ0) is 25.7. The van der Waals surface area contributed by atoms with Crippen LogP contribution in [0.1, 0.15) is 122 Å². The summed E-state index contributed by atoms with van der Waals surface area (Å²) in [5.74, 6) is 7.32. The molecule has 0 saturated heterocycles. The van der Waals surface area contributed by atoms with Gasteiger partial charge in [-0.3, -0.25) is 4.79 Å². The molecule has 5 unspecified atom stereocenters. The maximum Gasteiger partial charge on any atom is 0.308 e.